The largest absolute Gasteiger partial charge is 0.388 e. The monoisotopic (exact) mass is 346 g/mol. The summed E-state index contributed by atoms with van der Waals surface area (Å²) in [5.74, 6) is 0.250. The van der Waals surface area contributed by atoms with Crippen molar-refractivity contribution in [2.75, 3.05) is 12.3 Å². The minimum absolute atomic E-state index is 0.00158. The van der Waals surface area contributed by atoms with E-state index in [1.54, 1.807) is 4.57 Å². The normalized spacial score (nSPS) is 28.0. The number of imidazole rings is 1. The second kappa shape index (κ2) is 5.78. The first kappa shape index (κ1) is 15.7. The molecule has 3 rings (SSSR count). The SMILES string of the molecule is Nc1ncnc2c1ncn2[C@@H]1O[C@H](COP(N)(O)=S)C[C@H]1O. The number of hydrogen-bond donors (Lipinski definition) is 4. The summed E-state index contributed by atoms with van der Waals surface area (Å²) in [7, 11) is 0. The van der Waals surface area contributed by atoms with Crippen LogP contribution < -0.4 is 11.2 Å². The summed E-state index contributed by atoms with van der Waals surface area (Å²) in [6.07, 6.45) is 1.16. The standard InChI is InChI=1S/C10H15N6O4PS/c11-8-7-9(14-3-13-8)16(4-15-7)10-6(17)1-5(20-10)2-19-21(12,18)22/h3-6,10,17H,1-2H2,(H2,11,13,14)(H3,12,18,22)/t5-,6+,10+,21?/m0/s1. The summed E-state index contributed by atoms with van der Waals surface area (Å²) < 4.78 is 12.3. The Labute approximate surface area is 130 Å². The van der Waals surface area contributed by atoms with Crippen LogP contribution in [0.4, 0.5) is 5.82 Å². The first-order valence-corrected chi connectivity index (χ1v) is 9.12. The maximum Gasteiger partial charge on any atom is 0.255 e. The second-order valence-electron chi connectivity index (χ2n) is 4.89. The Hall–Kier alpha value is -1.20. The third-order valence-electron chi connectivity index (χ3n) is 3.27. The minimum atomic E-state index is -3.25. The molecule has 0 amide bonds. The molecule has 2 aromatic heterocycles. The van der Waals surface area contributed by atoms with Crippen LogP contribution in [0.25, 0.3) is 11.2 Å². The van der Waals surface area contributed by atoms with Gasteiger partial charge in [0.15, 0.2) is 17.7 Å². The zero-order valence-electron chi connectivity index (χ0n) is 11.3. The van der Waals surface area contributed by atoms with Crippen molar-refractivity contribution in [2.24, 2.45) is 5.50 Å². The van der Waals surface area contributed by atoms with Crippen LogP contribution in [-0.2, 0) is 21.1 Å². The average Bonchev–Trinajstić information content (AvgIpc) is 3.00. The lowest BCUT2D eigenvalue weighted by molar-refractivity contribution is -0.0457. The number of rotatable bonds is 4. The minimum Gasteiger partial charge on any atom is -0.388 e. The van der Waals surface area contributed by atoms with E-state index in [0.29, 0.717) is 17.6 Å². The molecule has 1 saturated heterocycles. The van der Waals surface area contributed by atoms with Crippen LogP contribution in [0.15, 0.2) is 12.7 Å². The lowest BCUT2D eigenvalue weighted by Crippen LogP contribution is -2.19. The molecule has 0 bridgehead atoms. The van der Waals surface area contributed by atoms with Crippen LogP contribution in [0, 0.1) is 0 Å². The van der Waals surface area contributed by atoms with Gasteiger partial charge in [-0.3, -0.25) is 10.1 Å². The van der Waals surface area contributed by atoms with Gasteiger partial charge in [-0.2, -0.15) is 0 Å². The molecule has 0 aliphatic carbocycles. The number of ether oxygens (including phenoxy) is 1. The number of aliphatic hydroxyl groups excluding tert-OH is 1. The molecule has 22 heavy (non-hydrogen) atoms. The predicted octanol–water partition coefficient (Wildman–Crippen LogP) is -0.751. The van der Waals surface area contributed by atoms with Crippen LogP contribution >= 0.6 is 6.64 Å². The van der Waals surface area contributed by atoms with E-state index < -0.39 is 25.1 Å². The molecule has 0 aromatic carbocycles. The molecule has 120 valence electrons. The highest BCUT2D eigenvalue weighted by atomic mass is 32.5. The number of hydrogen-bond acceptors (Lipinski definition) is 8. The summed E-state index contributed by atoms with van der Waals surface area (Å²) >= 11 is 4.59. The van der Waals surface area contributed by atoms with Crippen LogP contribution in [0.5, 0.6) is 0 Å². The molecule has 10 nitrogen and oxygen atoms in total. The van der Waals surface area contributed by atoms with Crippen molar-refractivity contribution in [2.45, 2.75) is 24.9 Å². The third kappa shape index (κ3) is 3.10. The van der Waals surface area contributed by atoms with Crippen molar-refractivity contribution in [1.82, 2.24) is 19.5 Å². The molecule has 2 aromatic rings. The van der Waals surface area contributed by atoms with E-state index in [4.69, 9.17) is 20.5 Å². The molecule has 0 saturated carbocycles. The summed E-state index contributed by atoms with van der Waals surface area (Å²) in [5, 5.41) is 10.2. The van der Waals surface area contributed by atoms with E-state index in [0.717, 1.165) is 0 Å². The average molecular weight is 346 g/mol. The number of aliphatic hydroxyl groups is 1. The number of aromatic nitrogens is 4. The number of nitrogens with two attached hydrogens (primary N) is 2. The summed E-state index contributed by atoms with van der Waals surface area (Å²) in [4.78, 5) is 21.4. The van der Waals surface area contributed by atoms with Crippen molar-refractivity contribution in [3.63, 3.8) is 0 Å². The molecule has 6 N–H and O–H groups in total. The van der Waals surface area contributed by atoms with Gasteiger partial charge in [-0.15, -0.1) is 0 Å². The second-order valence-corrected chi connectivity index (χ2v) is 7.85. The zero-order valence-corrected chi connectivity index (χ0v) is 13.0. The zero-order chi connectivity index (χ0) is 15.9. The van der Waals surface area contributed by atoms with Crippen LogP contribution in [0.2, 0.25) is 0 Å². The van der Waals surface area contributed by atoms with Gasteiger partial charge in [0.25, 0.3) is 6.64 Å². The first-order valence-electron chi connectivity index (χ1n) is 6.37. The van der Waals surface area contributed by atoms with Crippen molar-refractivity contribution >= 4 is 35.4 Å². The Kier molecular flexibility index (Phi) is 4.12. The molecule has 4 atom stereocenters. The Morgan fingerprint density at radius 1 is 1.50 bits per heavy atom. The van der Waals surface area contributed by atoms with Crippen molar-refractivity contribution in [1.29, 1.82) is 0 Å². The van der Waals surface area contributed by atoms with Gasteiger partial charge in [-0.05, 0) is 11.8 Å². The Morgan fingerprint density at radius 2 is 2.27 bits per heavy atom. The highest BCUT2D eigenvalue weighted by Gasteiger charge is 2.36. The van der Waals surface area contributed by atoms with Gasteiger partial charge in [0, 0.05) is 6.42 Å². The Bertz CT molecular complexity index is 735. The fourth-order valence-corrected chi connectivity index (χ4v) is 2.90. The molecule has 1 aliphatic heterocycles. The maximum absolute atomic E-state index is 10.2. The quantitative estimate of drug-likeness (QED) is 0.520. The Morgan fingerprint density at radius 3 is 3.00 bits per heavy atom. The van der Waals surface area contributed by atoms with Gasteiger partial charge >= 0.3 is 0 Å². The number of fused-ring (bicyclic) bond motifs is 1. The Balaban J connectivity index is 1.80. The van der Waals surface area contributed by atoms with Gasteiger partial charge < -0.3 is 25.0 Å². The third-order valence-corrected chi connectivity index (χ3v) is 4.11. The van der Waals surface area contributed by atoms with Gasteiger partial charge in [0.1, 0.15) is 17.9 Å². The topological polar surface area (TPSA) is 155 Å². The van der Waals surface area contributed by atoms with Gasteiger partial charge in [0.05, 0.1) is 19.0 Å². The number of anilines is 1. The maximum atomic E-state index is 10.2. The summed E-state index contributed by atoms with van der Waals surface area (Å²) in [6.45, 7) is -3.25. The number of nitrogens with zero attached hydrogens (tertiary/aromatic N) is 4. The lowest BCUT2D eigenvalue weighted by Gasteiger charge is -2.17. The van der Waals surface area contributed by atoms with E-state index in [1.807, 2.05) is 0 Å². The molecule has 0 radical (unpaired) electrons. The van der Waals surface area contributed by atoms with E-state index in [9.17, 15) is 10.00 Å². The summed E-state index contributed by atoms with van der Waals surface area (Å²) in [5.41, 5.74) is 11.9. The van der Waals surface area contributed by atoms with Gasteiger partial charge in [-0.1, -0.05) is 0 Å². The van der Waals surface area contributed by atoms with Crippen LogP contribution in [-0.4, -0.2) is 48.3 Å². The lowest BCUT2D eigenvalue weighted by atomic mass is 10.2. The van der Waals surface area contributed by atoms with Gasteiger partial charge in [0.2, 0.25) is 0 Å². The molecular formula is C10H15N6O4PS. The molecule has 0 spiro atoms. The van der Waals surface area contributed by atoms with E-state index in [-0.39, 0.29) is 12.4 Å². The highest BCUT2D eigenvalue weighted by molar-refractivity contribution is 8.08. The van der Waals surface area contributed by atoms with E-state index >= 15 is 0 Å². The first-order chi connectivity index (χ1) is 10.3. The van der Waals surface area contributed by atoms with E-state index in [2.05, 4.69) is 26.8 Å². The van der Waals surface area contributed by atoms with Crippen molar-refractivity contribution in [3.05, 3.63) is 12.7 Å². The fourth-order valence-electron chi connectivity index (χ4n) is 2.33. The van der Waals surface area contributed by atoms with Crippen LogP contribution in [0.1, 0.15) is 12.6 Å². The van der Waals surface area contributed by atoms with Gasteiger partial charge in [-0.25, -0.2) is 15.0 Å². The molecule has 12 heteroatoms. The molecule has 1 aliphatic rings. The van der Waals surface area contributed by atoms with E-state index in [1.165, 1.54) is 12.7 Å². The van der Waals surface area contributed by atoms with Crippen LogP contribution in [0.3, 0.4) is 0 Å². The predicted molar refractivity (Wildman–Crippen MR) is 80.9 cm³/mol. The fraction of sp³-hybridized carbons (Fsp3) is 0.500. The molecule has 3 heterocycles. The highest BCUT2D eigenvalue weighted by Crippen LogP contribution is 2.36. The molecular weight excluding hydrogens is 331 g/mol. The molecule has 1 unspecified atom stereocenters. The van der Waals surface area contributed by atoms with Crippen molar-refractivity contribution < 1.29 is 19.3 Å². The van der Waals surface area contributed by atoms with Crippen molar-refractivity contribution in [3.8, 4) is 0 Å². The summed E-state index contributed by atoms with van der Waals surface area (Å²) in [6, 6.07) is 0. The molecule has 1 fully saturated rings. The smallest absolute Gasteiger partial charge is 0.255 e. The number of nitrogen functional groups attached to an aromatic ring is 1.